The van der Waals surface area contributed by atoms with E-state index in [1.807, 2.05) is 14.0 Å². The van der Waals surface area contributed by atoms with Crippen LogP contribution in [-0.4, -0.2) is 22.1 Å². The Hall–Kier alpha value is 0.137. The van der Waals surface area contributed by atoms with Crippen LogP contribution in [0.15, 0.2) is 0 Å². The molecule has 0 heterocycles. The minimum Gasteiger partial charge on any atom is -0.404 e. The smallest absolute Gasteiger partial charge is 0.262 e. The first kappa shape index (κ1) is 8.14. The molecule has 0 saturated carbocycles. The van der Waals surface area contributed by atoms with Gasteiger partial charge in [-0.3, -0.25) is 0 Å². The van der Waals surface area contributed by atoms with Gasteiger partial charge in [0.25, 0.3) is 8.48 Å². The van der Waals surface area contributed by atoms with Crippen LogP contribution in [0.25, 0.3) is 0 Å². The first-order valence-corrected chi connectivity index (χ1v) is 5.86. The minimum atomic E-state index is -1.43. The summed E-state index contributed by atoms with van der Waals surface area (Å²) in [6.07, 6.45) is 0. The molecule has 0 amide bonds. The van der Waals surface area contributed by atoms with Gasteiger partial charge in [0.2, 0.25) is 0 Å². The quantitative estimate of drug-likeness (QED) is 0.579. The summed E-state index contributed by atoms with van der Waals surface area (Å²) in [7, 11) is 0.519. The van der Waals surface area contributed by atoms with Gasteiger partial charge in [0.05, 0.1) is 0 Å². The average Bonchev–Trinajstić information content (AvgIpc) is 1.67. The van der Waals surface area contributed by atoms with Gasteiger partial charge in [0.15, 0.2) is 0 Å². The van der Waals surface area contributed by atoms with Crippen LogP contribution in [-0.2, 0) is 4.43 Å². The standard InChI is InChI=1S/C5H15NOSi/c1-5-7-8(3,4)6-2/h6H,5H2,1-4H3. The van der Waals surface area contributed by atoms with Gasteiger partial charge in [-0.25, -0.2) is 0 Å². The van der Waals surface area contributed by atoms with Crippen molar-refractivity contribution in [3.8, 4) is 0 Å². The summed E-state index contributed by atoms with van der Waals surface area (Å²) in [6.45, 7) is 7.11. The zero-order chi connectivity index (χ0) is 6.62. The van der Waals surface area contributed by atoms with Crippen LogP contribution in [0, 0.1) is 0 Å². The summed E-state index contributed by atoms with van der Waals surface area (Å²) in [5.74, 6) is 0. The second-order valence-electron chi connectivity index (χ2n) is 2.19. The molecule has 0 aliphatic heterocycles. The molecule has 3 heteroatoms. The Morgan fingerprint density at radius 1 is 1.50 bits per heavy atom. The lowest BCUT2D eigenvalue weighted by atomic mass is 10.9. The Labute approximate surface area is 52.4 Å². The van der Waals surface area contributed by atoms with Crippen molar-refractivity contribution in [1.82, 2.24) is 4.98 Å². The van der Waals surface area contributed by atoms with E-state index in [9.17, 15) is 0 Å². The lowest BCUT2D eigenvalue weighted by molar-refractivity contribution is 0.322. The van der Waals surface area contributed by atoms with Crippen molar-refractivity contribution in [3.05, 3.63) is 0 Å². The Bertz CT molecular complexity index is 65.4. The third kappa shape index (κ3) is 3.18. The maximum atomic E-state index is 5.41. The van der Waals surface area contributed by atoms with Gasteiger partial charge in [-0.15, -0.1) is 0 Å². The second-order valence-corrected chi connectivity index (χ2v) is 6.00. The van der Waals surface area contributed by atoms with Gasteiger partial charge >= 0.3 is 0 Å². The summed E-state index contributed by atoms with van der Waals surface area (Å²) >= 11 is 0. The number of hydrogen-bond acceptors (Lipinski definition) is 2. The van der Waals surface area contributed by atoms with Crippen molar-refractivity contribution >= 4 is 8.48 Å². The van der Waals surface area contributed by atoms with Crippen LogP contribution < -0.4 is 4.98 Å². The molecule has 0 spiro atoms. The Kier molecular flexibility index (Phi) is 3.27. The molecule has 0 aromatic heterocycles. The Morgan fingerprint density at radius 3 is 2.12 bits per heavy atom. The summed E-state index contributed by atoms with van der Waals surface area (Å²) in [4.78, 5) is 3.16. The summed E-state index contributed by atoms with van der Waals surface area (Å²) < 4.78 is 5.41. The van der Waals surface area contributed by atoms with Gasteiger partial charge < -0.3 is 9.41 Å². The zero-order valence-corrected chi connectivity index (χ0v) is 7.12. The second kappa shape index (κ2) is 3.22. The lowest BCUT2D eigenvalue weighted by Gasteiger charge is -2.19. The van der Waals surface area contributed by atoms with Crippen LogP contribution in [0.5, 0.6) is 0 Å². The molecular formula is C5H15NOSi. The van der Waals surface area contributed by atoms with Gasteiger partial charge in [-0.05, 0) is 27.1 Å². The van der Waals surface area contributed by atoms with Crippen molar-refractivity contribution < 1.29 is 4.43 Å². The number of nitrogens with one attached hydrogen (secondary N) is 1. The lowest BCUT2D eigenvalue weighted by Crippen LogP contribution is -2.45. The van der Waals surface area contributed by atoms with Crippen LogP contribution >= 0.6 is 0 Å². The molecule has 1 N–H and O–H groups in total. The maximum Gasteiger partial charge on any atom is 0.262 e. The van der Waals surface area contributed by atoms with Crippen molar-refractivity contribution in [1.29, 1.82) is 0 Å². The number of hydrogen-bond donors (Lipinski definition) is 1. The van der Waals surface area contributed by atoms with E-state index in [-0.39, 0.29) is 0 Å². The predicted octanol–water partition coefficient (Wildman–Crippen LogP) is 0.944. The van der Waals surface area contributed by atoms with Crippen LogP contribution in [0.4, 0.5) is 0 Å². The molecule has 0 aromatic rings. The molecule has 0 rings (SSSR count). The molecule has 0 radical (unpaired) electrons. The first-order valence-electron chi connectivity index (χ1n) is 2.95. The van der Waals surface area contributed by atoms with E-state index in [0.717, 1.165) is 6.61 Å². The van der Waals surface area contributed by atoms with Crippen LogP contribution in [0.1, 0.15) is 6.92 Å². The van der Waals surface area contributed by atoms with E-state index in [1.165, 1.54) is 0 Å². The van der Waals surface area contributed by atoms with E-state index >= 15 is 0 Å². The van der Waals surface area contributed by atoms with Gasteiger partial charge in [-0.1, -0.05) is 0 Å². The van der Waals surface area contributed by atoms with Crippen molar-refractivity contribution in [3.63, 3.8) is 0 Å². The zero-order valence-electron chi connectivity index (χ0n) is 6.12. The summed E-state index contributed by atoms with van der Waals surface area (Å²) in [5.41, 5.74) is 0. The fourth-order valence-corrected chi connectivity index (χ4v) is 1.30. The molecule has 0 fully saturated rings. The monoisotopic (exact) mass is 133 g/mol. The van der Waals surface area contributed by atoms with E-state index in [4.69, 9.17) is 4.43 Å². The van der Waals surface area contributed by atoms with Gasteiger partial charge in [0.1, 0.15) is 0 Å². The predicted molar refractivity (Wildman–Crippen MR) is 38.2 cm³/mol. The van der Waals surface area contributed by atoms with Crippen molar-refractivity contribution in [2.24, 2.45) is 0 Å². The highest BCUT2D eigenvalue weighted by Gasteiger charge is 2.17. The number of rotatable bonds is 3. The topological polar surface area (TPSA) is 21.3 Å². The molecule has 0 aliphatic rings. The highest BCUT2D eigenvalue weighted by molar-refractivity contribution is 6.68. The van der Waals surface area contributed by atoms with E-state index < -0.39 is 8.48 Å². The molecule has 50 valence electrons. The van der Waals surface area contributed by atoms with Crippen LogP contribution in [0.2, 0.25) is 13.1 Å². The molecule has 0 bridgehead atoms. The fraction of sp³-hybridized carbons (Fsp3) is 1.00. The molecule has 0 atom stereocenters. The SMILES string of the molecule is CCO[Si](C)(C)NC. The van der Waals surface area contributed by atoms with Crippen molar-refractivity contribution in [2.75, 3.05) is 13.7 Å². The molecule has 2 nitrogen and oxygen atoms in total. The third-order valence-corrected chi connectivity index (χ3v) is 3.32. The Balaban J connectivity index is 3.37. The molecule has 8 heavy (non-hydrogen) atoms. The average molecular weight is 133 g/mol. The van der Waals surface area contributed by atoms with Crippen LogP contribution in [0.3, 0.4) is 0 Å². The largest absolute Gasteiger partial charge is 0.404 e. The Morgan fingerprint density at radius 2 is 2.00 bits per heavy atom. The molecule has 0 aliphatic carbocycles. The summed E-state index contributed by atoms with van der Waals surface area (Å²) in [5, 5.41) is 0. The molecule has 0 aromatic carbocycles. The van der Waals surface area contributed by atoms with Gasteiger partial charge in [0, 0.05) is 6.61 Å². The molecular weight excluding hydrogens is 118 g/mol. The molecule has 0 unspecified atom stereocenters. The fourth-order valence-electron chi connectivity index (χ4n) is 0.433. The third-order valence-electron chi connectivity index (χ3n) is 1.11. The van der Waals surface area contributed by atoms with E-state index in [2.05, 4.69) is 18.1 Å². The first-order chi connectivity index (χ1) is 3.62. The highest BCUT2D eigenvalue weighted by atomic mass is 28.4. The van der Waals surface area contributed by atoms with E-state index in [0.29, 0.717) is 0 Å². The van der Waals surface area contributed by atoms with Crippen molar-refractivity contribution in [2.45, 2.75) is 20.0 Å². The normalized spacial score (nSPS) is 12.0. The summed E-state index contributed by atoms with van der Waals surface area (Å²) in [6, 6.07) is 0. The minimum absolute atomic E-state index is 0.820. The maximum absolute atomic E-state index is 5.41. The van der Waals surface area contributed by atoms with E-state index in [1.54, 1.807) is 0 Å². The highest BCUT2D eigenvalue weighted by Crippen LogP contribution is 1.95. The molecule has 0 saturated heterocycles. The van der Waals surface area contributed by atoms with Gasteiger partial charge in [-0.2, -0.15) is 0 Å².